The van der Waals surface area contributed by atoms with Gasteiger partial charge in [-0.25, -0.2) is 0 Å². The van der Waals surface area contributed by atoms with Gasteiger partial charge in [0, 0.05) is 13.5 Å². The number of carbonyl (C=O) groups is 3. The van der Waals surface area contributed by atoms with Crippen LogP contribution >= 0.6 is 0 Å². The van der Waals surface area contributed by atoms with Crippen LogP contribution in [0.25, 0.3) is 0 Å². The standard InChI is InChI=1S/C13H17N3O3/c1-10(17)14-8-12(18)16-9-13(19)15-7-11-5-3-2-4-6-11/h2-6H,7-9H2,1H3,(H,14,17)(H,15,19)(H,16,18)/i9+1. The summed E-state index contributed by atoms with van der Waals surface area (Å²) in [4.78, 5) is 33.2. The zero-order valence-corrected chi connectivity index (χ0v) is 10.7. The van der Waals surface area contributed by atoms with E-state index in [-0.39, 0.29) is 24.9 Å². The van der Waals surface area contributed by atoms with Crippen LogP contribution in [0.4, 0.5) is 0 Å². The van der Waals surface area contributed by atoms with Gasteiger partial charge in [-0.2, -0.15) is 0 Å². The predicted octanol–water partition coefficient (Wildman–Crippen LogP) is -0.445. The molecule has 0 fully saturated rings. The van der Waals surface area contributed by atoms with E-state index in [1.165, 1.54) is 6.92 Å². The van der Waals surface area contributed by atoms with Crippen molar-refractivity contribution in [3.05, 3.63) is 35.9 Å². The second-order valence-corrected chi connectivity index (χ2v) is 3.95. The molecule has 102 valence electrons. The SMILES string of the molecule is CC(=O)NCC(=O)N[13CH2]C(=O)NCc1ccccc1. The largest absolute Gasteiger partial charge is 0.350 e. The molecular weight excluding hydrogens is 247 g/mol. The Morgan fingerprint density at radius 2 is 1.47 bits per heavy atom. The molecule has 0 saturated heterocycles. The summed E-state index contributed by atoms with van der Waals surface area (Å²) in [5.74, 6) is -0.964. The van der Waals surface area contributed by atoms with E-state index in [1.807, 2.05) is 30.3 Å². The number of nitrogens with one attached hydrogen (secondary N) is 3. The molecule has 0 aliphatic rings. The topological polar surface area (TPSA) is 87.3 Å². The van der Waals surface area contributed by atoms with Crippen molar-refractivity contribution < 1.29 is 14.4 Å². The first kappa shape index (κ1) is 14.7. The number of rotatable bonds is 6. The number of amides is 3. The highest BCUT2D eigenvalue weighted by atomic mass is 16.2. The molecule has 1 rings (SSSR count). The third-order valence-corrected chi connectivity index (χ3v) is 2.28. The Bertz CT molecular complexity index is 446. The maximum atomic E-state index is 11.4. The summed E-state index contributed by atoms with van der Waals surface area (Å²) in [6.45, 7) is 1.51. The normalized spacial score (nSPS) is 9.53. The minimum absolute atomic E-state index is 0.106. The number of benzene rings is 1. The second kappa shape index (κ2) is 7.86. The van der Waals surface area contributed by atoms with Crippen LogP contribution in [0.3, 0.4) is 0 Å². The minimum Gasteiger partial charge on any atom is -0.350 e. The van der Waals surface area contributed by atoms with E-state index in [1.54, 1.807) is 0 Å². The molecule has 0 radical (unpaired) electrons. The fraction of sp³-hybridized carbons (Fsp3) is 0.308. The van der Waals surface area contributed by atoms with E-state index in [9.17, 15) is 14.4 Å². The van der Waals surface area contributed by atoms with Crippen molar-refractivity contribution in [2.45, 2.75) is 13.5 Å². The Kier molecular flexibility index (Phi) is 6.08. The van der Waals surface area contributed by atoms with Crippen molar-refractivity contribution >= 4 is 17.7 Å². The Labute approximate surface area is 111 Å². The lowest BCUT2D eigenvalue weighted by atomic mass is 10.2. The van der Waals surface area contributed by atoms with Crippen LogP contribution in [0.2, 0.25) is 0 Å². The molecule has 0 spiro atoms. The number of carbonyl (C=O) groups excluding carboxylic acids is 3. The van der Waals surface area contributed by atoms with Gasteiger partial charge in [-0.1, -0.05) is 30.3 Å². The molecule has 0 bridgehead atoms. The lowest BCUT2D eigenvalue weighted by molar-refractivity contribution is -0.127. The van der Waals surface area contributed by atoms with Gasteiger partial charge >= 0.3 is 0 Å². The fourth-order valence-corrected chi connectivity index (χ4v) is 1.31. The lowest BCUT2D eigenvalue weighted by Crippen LogP contribution is -2.41. The maximum absolute atomic E-state index is 11.4. The van der Waals surface area contributed by atoms with Gasteiger partial charge in [0.15, 0.2) is 0 Å². The first-order valence-corrected chi connectivity index (χ1v) is 5.89. The molecule has 3 amide bonds. The zero-order chi connectivity index (χ0) is 14.1. The molecule has 0 heterocycles. The van der Waals surface area contributed by atoms with Gasteiger partial charge in [0.1, 0.15) is 0 Å². The Morgan fingerprint density at radius 3 is 2.11 bits per heavy atom. The molecule has 19 heavy (non-hydrogen) atoms. The third kappa shape index (κ3) is 6.82. The predicted molar refractivity (Wildman–Crippen MR) is 70.0 cm³/mol. The van der Waals surface area contributed by atoms with Crippen molar-refractivity contribution in [1.82, 2.24) is 16.0 Å². The third-order valence-electron chi connectivity index (χ3n) is 2.28. The molecule has 0 atom stereocenters. The molecule has 3 N–H and O–H groups in total. The van der Waals surface area contributed by atoms with Crippen LogP contribution in [0.5, 0.6) is 0 Å². The van der Waals surface area contributed by atoms with Gasteiger partial charge in [0.25, 0.3) is 0 Å². The second-order valence-electron chi connectivity index (χ2n) is 3.95. The van der Waals surface area contributed by atoms with Gasteiger partial charge in [-0.05, 0) is 5.56 Å². The summed E-state index contributed by atoms with van der Waals surface area (Å²) in [5, 5.41) is 7.43. The maximum Gasteiger partial charge on any atom is 0.239 e. The Hall–Kier alpha value is -2.37. The van der Waals surface area contributed by atoms with Crippen LogP contribution in [0.15, 0.2) is 30.3 Å². The van der Waals surface area contributed by atoms with E-state index in [0.29, 0.717) is 6.54 Å². The lowest BCUT2D eigenvalue weighted by Gasteiger charge is -2.07. The molecule has 6 nitrogen and oxygen atoms in total. The summed E-state index contributed by atoms with van der Waals surface area (Å²) >= 11 is 0. The number of hydrogen-bond acceptors (Lipinski definition) is 3. The molecule has 0 saturated carbocycles. The molecule has 1 aromatic carbocycles. The van der Waals surface area contributed by atoms with Crippen LogP contribution in [0.1, 0.15) is 12.5 Å². The molecule has 0 aromatic heterocycles. The summed E-state index contributed by atoms with van der Waals surface area (Å²) in [7, 11) is 0. The number of hydrogen-bond donors (Lipinski definition) is 3. The highest BCUT2D eigenvalue weighted by Gasteiger charge is 2.05. The summed E-state index contributed by atoms with van der Waals surface area (Å²) in [6, 6.07) is 9.46. The molecule has 0 unspecified atom stereocenters. The summed E-state index contributed by atoms with van der Waals surface area (Å²) in [5.41, 5.74) is 0.987. The highest BCUT2D eigenvalue weighted by Crippen LogP contribution is 1.96. The highest BCUT2D eigenvalue weighted by molar-refractivity contribution is 5.87. The van der Waals surface area contributed by atoms with Crippen LogP contribution in [-0.4, -0.2) is 30.8 Å². The quantitative estimate of drug-likeness (QED) is 0.608. The van der Waals surface area contributed by atoms with E-state index < -0.39 is 5.91 Å². The van der Waals surface area contributed by atoms with E-state index in [0.717, 1.165) is 5.56 Å². The van der Waals surface area contributed by atoms with E-state index >= 15 is 0 Å². The smallest absolute Gasteiger partial charge is 0.239 e. The van der Waals surface area contributed by atoms with Crippen molar-refractivity contribution in [3.8, 4) is 0 Å². The molecular formula is C13H17N3O3. The fourth-order valence-electron chi connectivity index (χ4n) is 1.31. The summed E-state index contributed by atoms with van der Waals surface area (Å²) < 4.78 is 0. The average molecular weight is 264 g/mol. The van der Waals surface area contributed by atoms with Crippen molar-refractivity contribution in [1.29, 1.82) is 0 Å². The molecule has 1 aromatic rings. The van der Waals surface area contributed by atoms with Crippen molar-refractivity contribution in [2.75, 3.05) is 13.1 Å². The monoisotopic (exact) mass is 264 g/mol. The Balaban J connectivity index is 2.17. The van der Waals surface area contributed by atoms with Gasteiger partial charge < -0.3 is 16.0 Å². The molecule has 0 aliphatic heterocycles. The first-order chi connectivity index (χ1) is 9.08. The van der Waals surface area contributed by atoms with Gasteiger partial charge in [0.05, 0.1) is 13.1 Å². The Morgan fingerprint density at radius 1 is 0.895 bits per heavy atom. The van der Waals surface area contributed by atoms with Gasteiger partial charge in [0.2, 0.25) is 17.7 Å². The van der Waals surface area contributed by atoms with E-state index in [4.69, 9.17) is 0 Å². The zero-order valence-electron chi connectivity index (χ0n) is 10.7. The van der Waals surface area contributed by atoms with Crippen LogP contribution < -0.4 is 16.0 Å². The van der Waals surface area contributed by atoms with Gasteiger partial charge in [-0.3, -0.25) is 14.4 Å². The van der Waals surface area contributed by atoms with Crippen LogP contribution in [0, 0.1) is 0 Å². The molecule has 6 heteroatoms. The van der Waals surface area contributed by atoms with Crippen molar-refractivity contribution in [2.24, 2.45) is 0 Å². The van der Waals surface area contributed by atoms with Crippen LogP contribution in [-0.2, 0) is 20.9 Å². The van der Waals surface area contributed by atoms with Crippen molar-refractivity contribution in [3.63, 3.8) is 0 Å². The van der Waals surface area contributed by atoms with Gasteiger partial charge in [-0.15, -0.1) is 0 Å². The molecule has 0 aliphatic carbocycles. The summed E-state index contributed by atoms with van der Waals surface area (Å²) in [6.07, 6.45) is 0. The first-order valence-electron chi connectivity index (χ1n) is 5.89. The minimum atomic E-state index is -0.398. The average Bonchev–Trinajstić information content (AvgIpc) is 2.41. The van der Waals surface area contributed by atoms with E-state index in [2.05, 4.69) is 16.0 Å².